The van der Waals surface area contributed by atoms with E-state index in [0.29, 0.717) is 0 Å². The molecule has 1 aromatic rings. The molecule has 0 aromatic heterocycles. The SMILES string of the molecule is CC[N+]1(CCOC(C)=O)C=C(C(=O)O)C(=O)c2c(C)c(F)c(F)c(F)c21. The highest BCUT2D eigenvalue weighted by Crippen LogP contribution is 2.41. The summed E-state index contributed by atoms with van der Waals surface area (Å²) in [6.45, 7) is 3.41. The summed E-state index contributed by atoms with van der Waals surface area (Å²) in [5, 5.41) is 9.31. The molecule has 6 nitrogen and oxygen atoms in total. The number of aliphatic carboxylic acids is 1. The minimum absolute atomic E-state index is 0.0136. The molecule has 0 bridgehead atoms. The van der Waals surface area contributed by atoms with Crippen LogP contribution in [0.2, 0.25) is 0 Å². The van der Waals surface area contributed by atoms with E-state index in [-0.39, 0.29) is 19.7 Å². The van der Waals surface area contributed by atoms with E-state index < -0.39 is 62.0 Å². The summed E-state index contributed by atoms with van der Waals surface area (Å²) in [7, 11) is 0. The third kappa shape index (κ3) is 2.98. The van der Waals surface area contributed by atoms with E-state index in [1.54, 1.807) is 6.92 Å². The number of fused-ring (bicyclic) bond motifs is 1. The van der Waals surface area contributed by atoms with Gasteiger partial charge in [-0.2, -0.15) is 4.39 Å². The molecular weight excluding hydrogens is 355 g/mol. The van der Waals surface area contributed by atoms with Crippen LogP contribution in [-0.2, 0) is 14.3 Å². The van der Waals surface area contributed by atoms with Crippen LogP contribution >= 0.6 is 0 Å². The second kappa shape index (κ2) is 6.91. The Hall–Kier alpha value is -2.68. The Morgan fingerprint density at radius 3 is 2.31 bits per heavy atom. The Balaban J connectivity index is 2.80. The lowest BCUT2D eigenvalue weighted by molar-refractivity contribution is -0.141. The molecule has 0 radical (unpaired) electrons. The quantitative estimate of drug-likeness (QED) is 0.372. The number of esters is 1. The molecule has 0 fully saturated rings. The van der Waals surface area contributed by atoms with Gasteiger partial charge in [0.25, 0.3) is 0 Å². The number of carbonyl (C=O) groups excluding carboxylic acids is 2. The molecule has 1 unspecified atom stereocenters. The molecule has 9 heteroatoms. The van der Waals surface area contributed by atoms with Crippen molar-refractivity contribution in [3.05, 3.63) is 40.4 Å². The van der Waals surface area contributed by atoms with Crippen molar-refractivity contribution < 1.29 is 37.4 Å². The summed E-state index contributed by atoms with van der Waals surface area (Å²) in [6.07, 6.45) is 0.983. The van der Waals surface area contributed by atoms with Gasteiger partial charge in [-0.1, -0.05) is 0 Å². The summed E-state index contributed by atoms with van der Waals surface area (Å²) in [5.74, 6) is -8.15. The number of hydrogen-bond acceptors (Lipinski definition) is 4. The number of halogens is 3. The fourth-order valence-electron chi connectivity index (χ4n) is 3.05. The van der Waals surface area contributed by atoms with Crippen LogP contribution in [0.3, 0.4) is 0 Å². The van der Waals surface area contributed by atoms with Crippen molar-refractivity contribution in [3.8, 4) is 0 Å². The maximum Gasteiger partial charge on any atom is 0.345 e. The molecule has 1 heterocycles. The molecule has 1 N–H and O–H groups in total. The summed E-state index contributed by atoms with van der Waals surface area (Å²) in [4.78, 5) is 34.9. The lowest BCUT2D eigenvalue weighted by Gasteiger charge is -2.37. The molecule has 0 saturated heterocycles. The van der Waals surface area contributed by atoms with Gasteiger partial charge in [-0.15, -0.1) is 0 Å². The van der Waals surface area contributed by atoms with Gasteiger partial charge in [0.1, 0.15) is 19.4 Å². The van der Waals surface area contributed by atoms with Gasteiger partial charge >= 0.3 is 11.9 Å². The summed E-state index contributed by atoms with van der Waals surface area (Å²) >= 11 is 0. The number of carboxylic acids is 1. The molecule has 2 rings (SSSR count). The van der Waals surface area contributed by atoms with E-state index in [1.165, 1.54) is 0 Å². The maximum absolute atomic E-state index is 14.6. The molecule has 0 amide bonds. The number of hydrogen-bond donors (Lipinski definition) is 1. The smallest absolute Gasteiger partial charge is 0.345 e. The van der Waals surface area contributed by atoms with Crippen molar-refractivity contribution in [2.45, 2.75) is 20.8 Å². The average Bonchev–Trinajstić information content (AvgIpc) is 2.58. The van der Waals surface area contributed by atoms with Gasteiger partial charge in [-0.25, -0.2) is 13.6 Å². The monoisotopic (exact) mass is 372 g/mol. The Morgan fingerprint density at radius 2 is 1.81 bits per heavy atom. The van der Waals surface area contributed by atoms with Crippen molar-refractivity contribution in [2.24, 2.45) is 0 Å². The lowest BCUT2D eigenvalue weighted by atomic mass is 9.91. The zero-order chi connectivity index (χ0) is 19.8. The number of ether oxygens (including phenoxy) is 1. The van der Waals surface area contributed by atoms with Crippen molar-refractivity contribution in [1.82, 2.24) is 4.48 Å². The summed E-state index contributed by atoms with van der Waals surface area (Å²) in [5.41, 5.74) is -2.15. The standard InChI is InChI=1S/C17H16F3NO5/c1-4-21(5-6-26-9(3)22)7-10(17(24)25)16(23)11-8(2)12(18)13(19)14(20)15(11)21/h7H,4-6H2,1-3H3/p+1. The lowest BCUT2D eigenvalue weighted by Crippen LogP contribution is -2.51. The fraction of sp³-hybridized carbons (Fsp3) is 0.353. The van der Waals surface area contributed by atoms with E-state index in [2.05, 4.69) is 0 Å². The second-order valence-electron chi connectivity index (χ2n) is 5.88. The van der Waals surface area contributed by atoms with E-state index in [0.717, 1.165) is 20.0 Å². The number of rotatable bonds is 5. The Kier molecular flexibility index (Phi) is 5.22. The third-order valence-corrected chi connectivity index (χ3v) is 4.42. The van der Waals surface area contributed by atoms with E-state index in [4.69, 9.17) is 4.74 Å². The molecule has 0 saturated carbocycles. The predicted molar refractivity (Wildman–Crippen MR) is 84.9 cm³/mol. The number of benzene rings is 1. The zero-order valence-corrected chi connectivity index (χ0v) is 14.4. The first kappa shape index (κ1) is 19.6. The molecular formula is C17H17F3NO5+. The van der Waals surface area contributed by atoms with Crippen LogP contribution < -0.4 is 4.48 Å². The number of carboxylic acid groups (broad SMARTS) is 1. The molecule has 1 atom stereocenters. The fourth-order valence-corrected chi connectivity index (χ4v) is 3.05. The van der Waals surface area contributed by atoms with Gasteiger partial charge in [0, 0.05) is 12.5 Å². The minimum atomic E-state index is -1.75. The van der Waals surface area contributed by atoms with Crippen molar-refractivity contribution in [2.75, 3.05) is 19.7 Å². The molecule has 0 aliphatic carbocycles. The highest BCUT2D eigenvalue weighted by molar-refractivity contribution is 6.27. The summed E-state index contributed by atoms with van der Waals surface area (Å²) < 4.78 is 46.8. The van der Waals surface area contributed by atoms with Gasteiger partial charge in [0.05, 0.1) is 12.1 Å². The van der Waals surface area contributed by atoms with E-state index >= 15 is 0 Å². The van der Waals surface area contributed by atoms with Crippen molar-refractivity contribution in [1.29, 1.82) is 0 Å². The van der Waals surface area contributed by atoms with Crippen LogP contribution in [0, 0.1) is 24.4 Å². The molecule has 1 aliphatic rings. The molecule has 140 valence electrons. The summed E-state index contributed by atoms with van der Waals surface area (Å²) in [6, 6.07) is 0. The van der Waals surface area contributed by atoms with Gasteiger partial charge in [0.15, 0.2) is 17.1 Å². The van der Waals surface area contributed by atoms with E-state index in [9.17, 15) is 32.7 Å². The van der Waals surface area contributed by atoms with Crippen LogP contribution in [0.5, 0.6) is 0 Å². The number of quaternary nitrogens is 1. The first-order chi connectivity index (χ1) is 12.1. The molecule has 1 aliphatic heterocycles. The van der Waals surface area contributed by atoms with E-state index in [1.807, 2.05) is 0 Å². The van der Waals surface area contributed by atoms with Gasteiger partial charge in [0.2, 0.25) is 17.4 Å². The van der Waals surface area contributed by atoms with Gasteiger partial charge in [-0.05, 0) is 13.8 Å². The topological polar surface area (TPSA) is 80.7 Å². The number of nitrogens with zero attached hydrogens (tertiary/aromatic N) is 1. The average molecular weight is 372 g/mol. The predicted octanol–water partition coefficient (Wildman–Crippen LogP) is 2.47. The number of Topliss-reactive ketones (excluding diaryl/α,β-unsaturated/α-hetero) is 1. The number of likely N-dealkylation sites (N-methyl/N-ethyl adjacent to an activating group) is 1. The van der Waals surface area contributed by atoms with Crippen LogP contribution in [-0.4, -0.2) is 42.5 Å². The van der Waals surface area contributed by atoms with Crippen molar-refractivity contribution in [3.63, 3.8) is 0 Å². The molecule has 26 heavy (non-hydrogen) atoms. The maximum atomic E-state index is 14.6. The first-order valence-corrected chi connectivity index (χ1v) is 7.76. The molecule has 1 aromatic carbocycles. The van der Waals surface area contributed by atoms with Crippen LogP contribution in [0.15, 0.2) is 11.8 Å². The third-order valence-electron chi connectivity index (χ3n) is 4.42. The van der Waals surface area contributed by atoms with Crippen LogP contribution in [0.1, 0.15) is 29.8 Å². The minimum Gasteiger partial charge on any atom is -0.477 e. The largest absolute Gasteiger partial charge is 0.477 e. The Labute approximate surface area is 147 Å². The number of ketones is 1. The van der Waals surface area contributed by atoms with Gasteiger partial charge < -0.3 is 9.84 Å². The number of carbonyl (C=O) groups is 3. The highest BCUT2D eigenvalue weighted by atomic mass is 19.2. The van der Waals surface area contributed by atoms with Gasteiger partial charge in [-0.3, -0.25) is 14.1 Å². The first-order valence-electron chi connectivity index (χ1n) is 7.76. The van der Waals surface area contributed by atoms with Crippen molar-refractivity contribution >= 4 is 23.4 Å². The zero-order valence-electron chi connectivity index (χ0n) is 14.4. The normalized spacial score (nSPS) is 19.0. The van der Waals surface area contributed by atoms with Crippen LogP contribution in [0.4, 0.5) is 18.9 Å². The highest BCUT2D eigenvalue weighted by Gasteiger charge is 2.46. The second-order valence-corrected chi connectivity index (χ2v) is 5.88. The Morgan fingerprint density at radius 1 is 1.19 bits per heavy atom. The van der Waals surface area contributed by atoms with Crippen LogP contribution in [0.25, 0.3) is 0 Å². The Bertz CT molecular complexity index is 850. The molecule has 0 spiro atoms.